The molecule has 0 fully saturated rings. The van der Waals surface area contributed by atoms with E-state index in [1.165, 1.54) is 0 Å². The number of halogens is 2. The molecule has 0 atom stereocenters. The van der Waals surface area contributed by atoms with E-state index in [9.17, 15) is 9.59 Å². The van der Waals surface area contributed by atoms with Gasteiger partial charge in [0.05, 0.1) is 21.8 Å². The van der Waals surface area contributed by atoms with Gasteiger partial charge >= 0.3 is 0 Å². The lowest BCUT2D eigenvalue weighted by Gasteiger charge is -1.98. The zero-order valence-corrected chi connectivity index (χ0v) is 13.6. The van der Waals surface area contributed by atoms with Crippen LogP contribution in [0.5, 0.6) is 0 Å². The van der Waals surface area contributed by atoms with Crippen molar-refractivity contribution in [1.82, 2.24) is 9.97 Å². The van der Waals surface area contributed by atoms with E-state index >= 15 is 0 Å². The monoisotopic (exact) mass is 354 g/mol. The van der Waals surface area contributed by atoms with E-state index in [1.807, 2.05) is 0 Å². The van der Waals surface area contributed by atoms with E-state index in [0.29, 0.717) is 21.2 Å². The van der Waals surface area contributed by atoms with Crippen molar-refractivity contribution >= 4 is 23.2 Å². The van der Waals surface area contributed by atoms with Gasteiger partial charge in [0.1, 0.15) is 0 Å². The number of nitrogens with zero attached hydrogens (tertiary/aromatic N) is 2. The van der Waals surface area contributed by atoms with Crippen LogP contribution < -0.4 is 11.1 Å². The number of benzene rings is 2. The first kappa shape index (κ1) is 15.0. The van der Waals surface area contributed by atoms with Gasteiger partial charge < -0.3 is 0 Å². The Bertz CT molecular complexity index is 1130. The van der Waals surface area contributed by atoms with Crippen LogP contribution in [0.3, 0.4) is 0 Å². The summed E-state index contributed by atoms with van der Waals surface area (Å²) < 4.78 is 0. The second-order valence-corrected chi connectivity index (χ2v) is 6.06. The molecule has 0 radical (unpaired) electrons. The first-order valence-corrected chi connectivity index (χ1v) is 7.84. The predicted molar refractivity (Wildman–Crippen MR) is 93.1 cm³/mol. The maximum atomic E-state index is 12.4. The fourth-order valence-corrected chi connectivity index (χ4v) is 3.23. The highest BCUT2D eigenvalue weighted by molar-refractivity contribution is 6.33. The van der Waals surface area contributed by atoms with Crippen LogP contribution in [0.15, 0.2) is 58.1 Å². The fourth-order valence-electron chi connectivity index (χ4n) is 2.78. The van der Waals surface area contributed by atoms with Crippen molar-refractivity contribution in [3.8, 4) is 22.5 Å². The summed E-state index contributed by atoms with van der Waals surface area (Å²) in [5, 5.41) is 1.19. The molecule has 0 N–H and O–H groups in total. The summed E-state index contributed by atoms with van der Waals surface area (Å²) in [6, 6.07) is 13.8. The molecule has 0 unspecified atom stereocenters. The summed E-state index contributed by atoms with van der Waals surface area (Å²) in [7, 11) is 0. The van der Waals surface area contributed by atoms with Crippen LogP contribution in [-0.4, -0.2) is 9.97 Å². The molecule has 0 bridgehead atoms. The lowest BCUT2D eigenvalue weighted by Crippen LogP contribution is -2.04. The van der Waals surface area contributed by atoms with Crippen LogP contribution in [0.4, 0.5) is 0 Å². The highest BCUT2D eigenvalue weighted by Gasteiger charge is 2.21. The van der Waals surface area contributed by atoms with E-state index in [4.69, 9.17) is 23.2 Å². The van der Waals surface area contributed by atoms with Crippen molar-refractivity contribution in [2.24, 2.45) is 0 Å². The Labute approximate surface area is 145 Å². The summed E-state index contributed by atoms with van der Waals surface area (Å²) >= 11 is 12.4. The second-order valence-electron chi connectivity index (χ2n) is 5.24. The Hall–Kier alpha value is -2.56. The SMILES string of the molecule is O=c1nc(-c2ccccc2Cl)c2c(=O)nc(-c3ccccc3Cl)c1=2. The Morgan fingerprint density at radius 3 is 1.38 bits per heavy atom. The molecule has 2 aliphatic heterocycles. The Morgan fingerprint density at radius 2 is 1.00 bits per heavy atom. The molecule has 0 aliphatic carbocycles. The normalized spacial score (nSPS) is 11.2. The van der Waals surface area contributed by atoms with Crippen LogP contribution in [0.25, 0.3) is 22.5 Å². The molecule has 0 saturated carbocycles. The smallest absolute Gasteiger partial charge is 0.267 e. The lowest BCUT2D eigenvalue weighted by atomic mass is 10.1. The highest BCUT2D eigenvalue weighted by atomic mass is 35.5. The third-order valence-electron chi connectivity index (χ3n) is 3.84. The number of rotatable bonds is 2. The van der Waals surface area contributed by atoms with Crippen molar-refractivity contribution in [2.45, 2.75) is 0 Å². The standard InChI is InChI=1S/C18H8Cl2N2O2/c19-11-7-3-1-5-9(11)15-13-14(18(24)21-15)16(22-17(13)23)10-6-2-4-8-12(10)20/h1-8H. The quantitative estimate of drug-likeness (QED) is 0.553. The summed E-state index contributed by atoms with van der Waals surface area (Å²) in [4.78, 5) is 32.9. The molecule has 4 nitrogen and oxygen atoms in total. The van der Waals surface area contributed by atoms with Crippen LogP contribution in [0.1, 0.15) is 0 Å². The minimum Gasteiger partial charge on any atom is -0.267 e. The third-order valence-corrected chi connectivity index (χ3v) is 4.50. The molecule has 2 aromatic carbocycles. The van der Waals surface area contributed by atoms with Gasteiger partial charge in [-0.3, -0.25) is 9.59 Å². The molecule has 0 spiro atoms. The van der Waals surface area contributed by atoms with Crippen molar-refractivity contribution in [3.63, 3.8) is 0 Å². The van der Waals surface area contributed by atoms with Crippen molar-refractivity contribution in [2.75, 3.05) is 0 Å². The first-order chi connectivity index (χ1) is 11.6. The summed E-state index contributed by atoms with van der Waals surface area (Å²) in [5.41, 5.74) is 0.560. The zero-order valence-electron chi connectivity index (χ0n) is 12.1. The van der Waals surface area contributed by atoms with Gasteiger partial charge in [0.2, 0.25) is 0 Å². The Balaban J connectivity index is 2.14. The maximum absolute atomic E-state index is 12.4. The molecule has 2 heterocycles. The maximum Gasteiger partial charge on any atom is 0.280 e. The second kappa shape index (κ2) is 5.51. The number of hydrogen-bond donors (Lipinski definition) is 0. The Kier molecular flexibility index (Phi) is 3.44. The summed E-state index contributed by atoms with van der Waals surface area (Å²) in [6.45, 7) is 0. The number of aromatic nitrogens is 2. The van der Waals surface area contributed by atoms with E-state index in [-0.39, 0.29) is 21.8 Å². The topological polar surface area (TPSA) is 59.9 Å². The lowest BCUT2D eigenvalue weighted by molar-refractivity contribution is 1.23. The van der Waals surface area contributed by atoms with Gasteiger partial charge in [0.15, 0.2) is 0 Å². The van der Waals surface area contributed by atoms with E-state index in [2.05, 4.69) is 9.97 Å². The van der Waals surface area contributed by atoms with Gasteiger partial charge in [0.25, 0.3) is 11.1 Å². The molecule has 4 rings (SSSR count). The molecule has 116 valence electrons. The van der Waals surface area contributed by atoms with E-state index < -0.39 is 11.1 Å². The molecular weight excluding hydrogens is 347 g/mol. The summed E-state index contributed by atoms with van der Waals surface area (Å²) in [6.07, 6.45) is 0. The van der Waals surface area contributed by atoms with Gasteiger partial charge in [-0.15, -0.1) is 0 Å². The van der Waals surface area contributed by atoms with Crippen LogP contribution >= 0.6 is 23.2 Å². The molecule has 24 heavy (non-hydrogen) atoms. The van der Waals surface area contributed by atoms with Crippen LogP contribution in [-0.2, 0) is 0 Å². The molecule has 0 aromatic heterocycles. The van der Waals surface area contributed by atoms with Crippen LogP contribution in [0, 0.1) is 10.4 Å². The molecule has 2 aromatic rings. The molecule has 0 amide bonds. The summed E-state index contributed by atoms with van der Waals surface area (Å²) in [5.74, 6) is 0. The van der Waals surface area contributed by atoms with Crippen molar-refractivity contribution in [1.29, 1.82) is 0 Å². The Morgan fingerprint density at radius 1 is 0.625 bits per heavy atom. The van der Waals surface area contributed by atoms with Gasteiger partial charge in [-0.25, -0.2) is 9.97 Å². The predicted octanol–water partition coefficient (Wildman–Crippen LogP) is 3.44. The molecular formula is C18H8Cl2N2O2. The first-order valence-electron chi connectivity index (χ1n) is 7.09. The molecule has 2 aliphatic rings. The average Bonchev–Trinajstić information content (AvgIpc) is 3.08. The van der Waals surface area contributed by atoms with Gasteiger partial charge in [-0.2, -0.15) is 0 Å². The highest BCUT2D eigenvalue weighted by Crippen LogP contribution is 2.30. The van der Waals surface area contributed by atoms with Gasteiger partial charge in [-0.05, 0) is 12.1 Å². The van der Waals surface area contributed by atoms with Crippen molar-refractivity contribution in [3.05, 3.63) is 89.7 Å². The van der Waals surface area contributed by atoms with Gasteiger partial charge in [0, 0.05) is 21.2 Å². The molecule has 6 heteroatoms. The van der Waals surface area contributed by atoms with E-state index in [1.54, 1.807) is 48.5 Å². The average molecular weight is 355 g/mol. The number of hydrogen-bond acceptors (Lipinski definition) is 4. The third kappa shape index (κ3) is 2.15. The minimum absolute atomic E-state index is 0.183. The minimum atomic E-state index is -0.510. The van der Waals surface area contributed by atoms with Crippen molar-refractivity contribution < 1.29 is 0 Å². The fraction of sp³-hybridized carbons (Fsp3) is 0. The largest absolute Gasteiger partial charge is 0.280 e. The van der Waals surface area contributed by atoms with Gasteiger partial charge in [-0.1, -0.05) is 59.6 Å². The zero-order chi connectivity index (χ0) is 16.8. The van der Waals surface area contributed by atoms with Crippen LogP contribution in [0.2, 0.25) is 10.0 Å². The van der Waals surface area contributed by atoms with E-state index in [0.717, 1.165) is 0 Å². The molecule has 0 saturated heterocycles.